The fraction of sp³-hybridized carbons (Fsp3) is 0.250. The van der Waals surface area contributed by atoms with Crippen LogP contribution >= 0.6 is 11.6 Å². The normalized spacial score (nSPS) is 14.6. The molecule has 1 aromatic carbocycles. The van der Waals surface area contributed by atoms with Crippen LogP contribution in [0.2, 0.25) is 5.02 Å². The van der Waals surface area contributed by atoms with Crippen molar-refractivity contribution < 1.29 is 9.47 Å². The molecule has 2 rings (SSSR count). The van der Waals surface area contributed by atoms with E-state index in [1.807, 2.05) is 6.07 Å². The van der Waals surface area contributed by atoms with Crippen molar-refractivity contribution in [1.82, 2.24) is 0 Å². The molecule has 0 atom stereocenters. The Morgan fingerprint density at radius 3 is 2.64 bits per heavy atom. The van der Waals surface area contributed by atoms with Crippen molar-refractivity contribution in [3.8, 4) is 11.5 Å². The summed E-state index contributed by atoms with van der Waals surface area (Å²) >= 11 is 5.74. The number of hydrogen-bond donors (Lipinski definition) is 0. The van der Waals surface area contributed by atoms with Gasteiger partial charge in [-0.3, -0.25) is 0 Å². The summed E-state index contributed by atoms with van der Waals surface area (Å²) in [6.07, 6.45) is 0. The van der Waals surface area contributed by atoms with Gasteiger partial charge in [0, 0.05) is 11.1 Å². The van der Waals surface area contributed by atoms with Crippen LogP contribution in [0, 0.1) is 0 Å². The van der Waals surface area contributed by atoms with Gasteiger partial charge in [0.15, 0.2) is 11.5 Å². The molecule has 0 N–H and O–H groups in total. The third-order valence-electron chi connectivity index (χ3n) is 1.50. The molecule has 11 heavy (non-hydrogen) atoms. The fourth-order valence-electron chi connectivity index (χ4n) is 1.02. The van der Waals surface area contributed by atoms with Gasteiger partial charge in [-0.25, -0.2) is 0 Å². The molecule has 0 unspecified atom stereocenters. The van der Waals surface area contributed by atoms with Crippen LogP contribution in [0.1, 0.15) is 0 Å². The Bertz CT molecular complexity index is 273. The van der Waals surface area contributed by atoms with Gasteiger partial charge in [0.2, 0.25) is 0 Å². The summed E-state index contributed by atoms with van der Waals surface area (Å²) in [5, 5.41) is 0.675. The summed E-state index contributed by atoms with van der Waals surface area (Å²) in [5.74, 6) is 1.52. The summed E-state index contributed by atoms with van der Waals surface area (Å²) in [6, 6.07) is 5.36. The molecule has 0 amide bonds. The van der Waals surface area contributed by atoms with Crippen molar-refractivity contribution >= 4 is 11.6 Å². The highest BCUT2D eigenvalue weighted by Crippen LogP contribution is 2.32. The average Bonchev–Trinajstić information content (AvgIpc) is 2.04. The van der Waals surface area contributed by atoms with Crippen molar-refractivity contribution in [2.45, 2.75) is 0 Å². The van der Waals surface area contributed by atoms with Crippen molar-refractivity contribution in [3.63, 3.8) is 0 Å². The standard InChI is InChI=1S/C8H7ClO2/c9-6-1-2-7-8(5-6)11-4-3-10-7/h1-2,5H,3-4H2. The zero-order valence-electron chi connectivity index (χ0n) is 5.84. The Balaban J connectivity index is 2.43. The molecular formula is C8H7ClO2. The van der Waals surface area contributed by atoms with Gasteiger partial charge < -0.3 is 9.47 Å². The van der Waals surface area contributed by atoms with Gasteiger partial charge in [-0.15, -0.1) is 0 Å². The van der Waals surface area contributed by atoms with E-state index in [0.29, 0.717) is 18.2 Å². The molecule has 0 fully saturated rings. The van der Waals surface area contributed by atoms with Crippen LogP contribution in [-0.4, -0.2) is 13.2 Å². The highest BCUT2D eigenvalue weighted by molar-refractivity contribution is 6.30. The minimum absolute atomic E-state index is 0.605. The van der Waals surface area contributed by atoms with E-state index in [-0.39, 0.29) is 0 Å². The smallest absolute Gasteiger partial charge is 0.162 e. The molecule has 2 nitrogen and oxygen atoms in total. The van der Waals surface area contributed by atoms with Gasteiger partial charge in [0.05, 0.1) is 0 Å². The third kappa shape index (κ3) is 1.26. The zero-order chi connectivity index (χ0) is 7.68. The van der Waals surface area contributed by atoms with Gasteiger partial charge >= 0.3 is 0 Å². The monoisotopic (exact) mass is 170 g/mol. The lowest BCUT2D eigenvalue weighted by molar-refractivity contribution is 0.171. The van der Waals surface area contributed by atoms with E-state index in [0.717, 1.165) is 11.5 Å². The molecule has 1 aliphatic heterocycles. The van der Waals surface area contributed by atoms with E-state index in [1.54, 1.807) is 12.1 Å². The Labute approximate surface area is 69.7 Å². The second kappa shape index (κ2) is 2.62. The lowest BCUT2D eigenvalue weighted by atomic mass is 10.3. The van der Waals surface area contributed by atoms with Crippen LogP contribution in [0.3, 0.4) is 0 Å². The van der Waals surface area contributed by atoms with Crippen molar-refractivity contribution in [1.29, 1.82) is 0 Å². The molecule has 0 aromatic heterocycles. The molecule has 58 valence electrons. The first-order chi connectivity index (χ1) is 5.36. The minimum atomic E-state index is 0.605. The Morgan fingerprint density at radius 2 is 1.82 bits per heavy atom. The topological polar surface area (TPSA) is 18.5 Å². The molecule has 0 spiro atoms. The predicted octanol–water partition coefficient (Wildman–Crippen LogP) is 2.11. The van der Waals surface area contributed by atoms with E-state index in [2.05, 4.69) is 0 Å². The summed E-state index contributed by atoms with van der Waals surface area (Å²) < 4.78 is 10.6. The molecule has 0 bridgehead atoms. The van der Waals surface area contributed by atoms with Crippen molar-refractivity contribution in [2.24, 2.45) is 0 Å². The maximum Gasteiger partial charge on any atom is 0.162 e. The van der Waals surface area contributed by atoms with Crippen LogP contribution in [0.15, 0.2) is 18.2 Å². The van der Waals surface area contributed by atoms with Gasteiger partial charge in [-0.05, 0) is 12.1 Å². The average molecular weight is 171 g/mol. The summed E-state index contributed by atoms with van der Waals surface area (Å²) in [7, 11) is 0. The fourth-order valence-corrected chi connectivity index (χ4v) is 1.18. The maximum absolute atomic E-state index is 5.74. The van der Waals surface area contributed by atoms with Gasteiger partial charge in [-0.1, -0.05) is 11.6 Å². The maximum atomic E-state index is 5.74. The molecule has 1 heterocycles. The highest BCUT2D eigenvalue weighted by Gasteiger charge is 2.10. The van der Waals surface area contributed by atoms with Gasteiger partial charge in [0.1, 0.15) is 13.2 Å². The Hall–Kier alpha value is -0.890. The summed E-state index contributed by atoms with van der Waals surface area (Å²) in [5.41, 5.74) is 0. The molecule has 0 radical (unpaired) electrons. The molecule has 1 aromatic rings. The van der Waals surface area contributed by atoms with Gasteiger partial charge in [-0.2, -0.15) is 0 Å². The quantitative estimate of drug-likeness (QED) is 0.594. The van der Waals surface area contributed by atoms with Crippen LogP contribution < -0.4 is 9.47 Å². The van der Waals surface area contributed by atoms with Crippen LogP contribution in [0.5, 0.6) is 11.5 Å². The summed E-state index contributed by atoms with van der Waals surface area (Å²) in [4.78, 5) is 0. The first-order valence-electron chi connectivity index (χ1n) is 3.41. The van der Waals surface area contributed by atoms with Crippen molar-refractivity contribution in [2.75, 3.05) is 13.2 Å². The number of benzene rings is 1. The van der Waals surface area contributed by atoms with Gasteiger partial charge in [0.25, 0.3) is 0 Å². The number of rotatable bonds is 0. The molecule has 3 heteroatoms. The predicted molar refractivity (Wildman–Crippen MR) is 42.4 cm³/mol. The van der Waals surface area contributed by atoms with E-state index >= 15 is 0 Å². The molecular weight excluding hydrogens is 164 g/mol. The number of hydrogen-bond acceptors (Lipinski definition) is 2. The molecule has 0 saturated carbocycles. The Morgan fingerprint density at radius 1 is 1.09 bits per heavy atom. The largest absolute Gasteiger partial charge is 0.486 e. The third-order valence-corrected chi connectivity index (χ3v) is 1.74. The number of ether oxygens (including phenoxy) is 2. The van der Waals surface area contributed by atoms with Crippen molar-refractivity contribution in [3.05, 3.63) is 23.2 Å². The minimum Gasteiger partial charge on any atom is -0.486 e. The first-order valence-corrected chi connectivity index (χ1v) is 3.79. The van der Waals surface area contributed by atoms with E-state index in [4.69, 9.17) is 21.1 Å². The number of fused-ring (bicyclic) bond motifs is 1. The zero-order valence-corrected chi connectivity index (χ0v) is 6.60. The molecule has 0 saturated heterocycles. The lowest BCUT2D eigenvalue weighted by Crippen LogP contribution is -2.14. The van der Waals surface area contributed by atoms with E-state index in [9.17, 15) is 0 Å². The van der Waals surface area contributed by atoms with Crippen LogP contribution in [0.4, 0.5) is 0 Å². The lowest BCUT2D eigenvalue weighted by Gasteiger charge is -2.17. The van der Waals surface area contributed by atoms with E-state index < -0.39 is 0 Å². The summed E-state index contributed by atoms with van der Waals surface area (Å²) in [6.45, 7) is 1.22. The highest BCUT2D eigenvalue weighted by atomic mass is 35.5. The second-order valence-electron chi connectivity index (χ2n) is 2.29. The first kappa shape index (κ1) is 6.80. The van der Waals surface area contributed by atoms with Crippen LogP contribution in [-0.2, 0) is 0 Å². The van der Waals surface area contributed by atoms with E-state index in [1.165, 1.54) is 0 Å². The SMILES string of the molecule is Clc1ccc2c(c1)OCCO2. The molecule has 0 aliphatic carbocycles. The molecule has 1 aliphatic rings. The van der Waals surface area contributed by atoms with Crippen LogP contribution in [0.25, 0.3) is 0 Å². The Kier molecular flexibility index (Phi) is 1.62. The second-order valence-corrected chi connectivity index (χ2v) is 2.72. The number of halogens is 1.